The van der Waals surface area contributed by atoms with Crippen molar-refractivity contribution < 1.29 is 32.1 Å². The van der Waals surface area contributed by atoms with E-state index in [0.29, 0.717) is 19.5 Å². The highest BCUT2D eigenvalue weighted by Crippen LogP contribution is 2.45. The molecule has 14 heteroatoms. The van der Waals surface area contributed by atoms with Crippen molar-refractivity contribution in [2.24, 2.45) is 0 Å². The molecule has 2 heterocycles. The first-order valence-corrected chi connectivity index (χ1v) is 16.1. The fourth-order valence-electron chi connectivity index (χ4n) is 4.40. The van der Waals surface area contributed by atoms with Gasteiger partial charge in [-0.1, -0.05) is 36.0 Å². The zero-order valence-corrected chi connectivity index (χ0v) is 25.3. The van der Waals surface area contributed by atoms with Gasteiger partial charge in [0.05, 0.1) is 16.5 Å². The average molecular weight is 625 g/mol. The topological polar surface area (TPSA) is 136 Å². The maximum absolute atomic E-state index is 12.7. The summed E-state index contributed by atoms with van der Waals surface area (Å²) in [5.41, 5.74) is 0.908. The second kappa shape index (κ2) is 14.7. The molecule has 1 N–H and O–H groups in total. The van der Waals surface area contributed by atoms with Crippen LogP contribution in [0.2, 0.25) is 0 Å². The molecule has 0 radical (unpaired) electrons. The molecular weight excluding hydrogens is 592 g/mol. The summed E-state index contributed by atoms with van der Waals surface area (Å²) in [6.07, 6.45) is 7.24. The zero-order chi connectivity index (χ0) is 30.2. The Hall–Kier alpha value is -3.13. The Balaban J connectivity index is 1.73. The number of benzene rings is 1. The van der Waals surface area contributed by atoms with E-state index in [1.54, 1.807) is 37.8 Å². The molecule has 1 saturated heterocycles. The van der Waals surface area contributed by atoms with Crippen LogP contribution in [0.15, 0.2) is 64.1 Å². The Morgan fingerprint density at radius 1 is 0.976 bits per heavy atom. The van der Waals surface area contributed by atoms with Crippen LogP contribution in [0, 0.1) is 0 Å². The maximum atomic E-state index is 12.7. The lowest BCUT2D eigenvalue weighted by Crippen LogP contribution is -2.56. The van der Waals surface area contributed by atoms with Gasteiger partial charge in [0.25, 0.3) is 21.9 Å². The summed E-state index contributed by atoms with van der Waals surface area (Å²) in [6.45, 7) is 4.71. The van der Waals surface area contributed by atoms with Crippen LogP contribution in [-0.4, -0.2) is 95.8 Å². The number of thioether (sulfide) groups is 1. The van der Waals surface area contributed by atoms with Crippen molar-refractivity contribution in [2.75, 3.05) is 49.3 Å². The SMILES string of the molecule is CCN1C(=O)C(=C/C=C/C=C2\Sc3ccccc3N2CCCN(CCCS(=O)(=O)O)C(=O)CCl)C(=O)N(CC)C1=O. The van der Waals surface area contributed by atoms with E-state index >= 15 is 0 Å². The smallest absolute Gasteiger partial charge is 0.333 e. The van der Waals surface area contributed by atoms with E-state index in [1.165, 1.54) is 11.0 Å². The van der Waals surface area contributed by atoms with Gasteiger partial charge in [-0.2, -0.15) is 8.42 Å². The summed E-state index contributed by atoms with van der Waals surface area (Å²) in [5.74, 6) is -2.24. The lowest BCUT2D eigenvalue weighted by Gasteiger charge is -2.32. The third-order valence-electron chi connectivity index (χ3n) is 6.40. The number of halogens is 1. The van der Waals surface area contributed by atoms with Crippen LogP contribution in [0.5, 0.6) is 0 Å². The number of rotatable bonds is 13. The number of hydrogen-bond acceptors (Lipinski definition) is 8. The van der Waals surface area contributed by atoms with Crippen molar-refractivity contribution in [3.05, 3.63) is 59.2 Å². The molecule has 11 nitrogen and oxygen atoms in total. The molecule has 2 aliphatic heterocycles. The Labute approximate surface area is 249 Å². The van der Waals surface area contributed by atoms with Crippen molar-refractivity contribution in [1.82, 2.24) is 14.7 Å². The number of anilines is 1. The molecule has 3 rings (SSSR count). The minimum absolute atomic E-state index is 0.0831. The largest absolute Gasteiger partial charge is 0.342 e. The minimum atomic E-state index is -4.12. The number of para-hydroxylation sites is 1. The van der Waals surface area contributed by atoms with Crippen molar-refractivity contribution in [1.29, 1.82) is 0 Å². The number of carbonyl (C=O) groups is 4. The molecule has 1 aromatic carbocycles. The highest BCUT2D eigenvalue weighted by atomic mass is 35.5. The number of urea groups is 1. The molecule has 0 aromatic heterocycles. The van der Waals surface area contributed by atoms with E-state index in [-0.39, 0.29) is 43.4 Å². The van der Waals surface area contributed by atoms with Crippen molar-refractivity contribution in [2.45, 2.75) is 31.6 Å². The molecule has 41 heavy (non-hydrogen) atoms. The number of alkyl halides is 1. The lowest BCUT2D eigenvalue weighted by atomic mass is 10.1. The van der Waals surface area contributed by atoms with Crippen molar-refractivity contribution in [3.63, 3.8) is 0 Å². The number of imide groups is 2. The van der Waals surface area contributed by atoms with E-state index in [2.05, 4.69) is 4.90 Å². The number of barbiturate groups is 1. The van der Waals surface area contributed by atoms with E-state index in [4.69, 9.17) is 16.2 Å². The molecule has 222 valence electrons. The summed E-state index contributed by atoms with van der Waals surface area (Å²) < 4.78 is 31.1. The number of allylic oxidation sites excluding steroid dienone is 4. The van der Waals surface area contributed by atoms with Crippen LogP contribution in [0.25, 0.3) is 0 Å². The van der Waals surface area contributed by atoms with Crippen LogP contribution in [0.3, 0.4) is 0 Å². The number of nitrogens with zero attached hydrogens (tertiary/aromatic N) is 4. The summed E-state index contributed by atoms with van der Waals surface area (Å²) in [7, 11) is -4.12. The Kier molecular flexibility index (Phi) is 11.6. The zero-order valence-electron chi connectivity index (χ0n) is 22.9. The summed E-state index contributed by atoms with van der Waals surface area (Å²) >= 11 is 7.29. The van der Waals surface area contributed by atoms with Gasteiger partial charge in [0.1, 0.15) is 11.5 Å². The fraction of sp³-hybridized carbons (Fsp3) is 0.407. The van der Waals surface area contributed by atoms with Gasteiger partial charge in [0, 0.05) is 37.6 Å². The second-order valence-corrected chi connectivity index (χ2v) is 12.0. The van der Waals surface area contributed by atoms with E-state index in [1.807, 2.05) is 30.3 Å². The number of likely N-dealkylation sites (N-methyl/N-ethyl adjacent to an activating group) is 2. The van der Waals surface area contributed by atoms with Gasteiger partial charge in [-0.05, 0) is 51.0 Å². The molecule has 0 unspecified atom stereocenters. The molecular formula is C27H33ClN4O7S2. The predicted octanol–water partition coefficient (Wildman–Crippen LogP) is 3.49. The third-order valence-corrected chi connectivity index (χ3v) is 8.57. The van der Waals surface area contributed by atoms with E-state index in [0.717, 1.165) is 25.4 Å². The van der Waals surface area contributed by atoms with Crippen molar-refractivity contribution >= 4 is 62.9 Å². The summed E-state index contributed by atoms with van der Waals surface area (Å²) in [4.78, 5) is 56.7. The van der Waals surface area contributed by atoms with Gasteiger partial charge in [-0.25, -0.2) is 4.79 Å². The maximum Gasteiger partial charge on any atom is 0.333 e. The highest BCUT2D eigenvalue weighted by Gasteiger charge is 2.40. The Bertz CT molecular complexity index is 1350. The third kappa shape index (κ3) is 8.22. The summed E-state index contributed by atoms with van der Waals surface area (Å²) in [6, 6.07) is 7.22. The Morgan fingerprint density at radius 3 is 2.20 bits per heavy atom. The second-order valence-electron chi connectivity index (χ2n) is 9.08. The van der Waals surface area contributed by atoms with E-state index in [9.17, 15) is 27.6 Å². The first-order valence-electron chi connectivity index (χ1n) is 13.1. The van der Waals surface area contributed by atoms with Crippen LogP contribution in [0.4, 0.5) is 10.5 Å². The van der Waals surface area contributed by atoms with Crippen LogP contribution >= 0.6 is 23.4 Å². The molecule has 0 aliphatic carbocycles. The monoisotopic (exact) mass is 624 g/mol. The summed E-state index contributed by atoms with van der Waals surface area (Å²) in [5, 5.41) is 0.893. The number of fused-ring (bicyclic) bond motifs is 1. The molecule has 0 atom stereocenters. The minimum Gasteiger partial charge on any atom is -0.342 e. The molecule has 0 spiro atoms. The van der Waals surface area contributed by atoms with Crippen LogP contribution in [-0.2, 0) is 24.5 Å². The van der Waals surface area contributed by atoms with Gasteiger partial charge in [0.2, 0.25) is 5.91 Å². The van der Waals surface area contributed by atoms with Gasteiger partial charge in [-0.15, -0.1) is 11.6 Å². The standard InChI is InChI=1S/C27H33ClN4O7S2/c1-3-30-25(34)20(26(35)31(4-2)27(30)36)11-5-8-14-24-32(21-12-6-7-13-22(21)40-24)17-9-15-29(23(33)19-28)16-10-18-41(37,38)39/h5-8,11-14H,3-4,9-10,15-19H2,1-2H3,(H,37,38,39)/b8-5+,24-14-. The van der Waals surface area contributed by atoms with E-state index < -0.39 is 33.7 Å². The molecule has 5 amide bonds. The molecule has 2 aliphatic rings. The fourth-order valence-corrected chi connectivity index (χ4v) is 6.17. The quantitative estimate of drug-likeness (QED) is 0.151. The van der Waals surface area contributed by atoms with Crippen LogP contribution < -0.4 is 4.90 Å². The Morgan fingerprint density at radius 2 is 1.59 bits per heavy atom. The van der Waals surface area contributed by atoms with Crippen LogP contribution in [0.1, 0.15) is 26.7 Å². The molecule has 0 bridgehead atoms. The predicted molar refractivity (Wildman–Crippen MR) is 158 cm³/mol. The normalized spacial score (nSPS) is 16.8. The van der Waals surface area contributed by atoms with Gasteiger partial charge in [0.15, 0.2) is 0 Å². The molecule has 1 fully saturated rings. The van der Waals surface area contributed by atoms with Gasteiger partial charge < -0.3 is 9.80 Å². The highest BCUT2D eigenvalue weighted by molar-refractivity contribution is 8.03. The number of amides is 5. The first-order chi connectivity index (χ1) is 19.5. The van der Waals surface area contributed by atoms with Gasteiger partial charge in [-0.3, -0.25) is 28.7 Å². The first kappa shape index (κ1) is 32.4. The van der Waals surface area contributed by atoms with Gasteiger partial charge >= 0.3 is 6.03 Å². The average Bonchev–Trinajstić information content (AvgIpc) is 3.28. The van der Waals surface area contributed by atoms with Crippen molar-refractivity contribution in [3.8, 4) is 0 Å². The lowest BCUT2D eigenvalue weighted by molar-refractivity contribution is -0.135. The number of carbonyl (C=O) groups excluding carboxylic acids is 4. The molecule has 0 saturated carbocycles. The number of hydrogen-bond donors (Lipinski definition) is 1. The molecule has 1 aromatic rings.